The molecule has 0 aliphatic carbocycles. The van der Waals surface area contributed by atoms with Crippen LogP contribution in [0.5, 0.6) is 5.75 Å². The van der Waals surface area contributed by atoms with Gasteiger partial charge in [-0.3, -0.25) is 4.79 Å². The molecule has 20 heavy (non-hydrogen) atoms. The van der Waals surface area contributed by atoms with Crippen LogP contribution in [-0.4, -0.2) is 30.5 Å². The van der Waals surface area contributed by atoms with Crippen LogP contribution in [0.2, 0.25) is 0 Å². The van der Waals surface area contributed by atoms with Crippen molar-refractivity contribution in [1.82, 2.24) is 0 Å². The number of methoxy groups -OCH3 is 1. The van der Waals surface area contributed by atoms with Gasteiger partial charge in [-0.1, -0.05) is 17.3 Å². The highest BCUT2D eigenvalue weighted by atomic mass is 16.6. The molecule has 0 bridgehead atoms. The van der Waals surface area contributed by atoms with Gasteiger partial charge < -0.3 is 14.7 Å². The molecule has 1 rings (SSSR count). The van der Waals surface area contributed by atoms with E-state index in [4.69, 9.17) is 9.57 Å². The Morgan fingerprint density at radius 3 is 2.45 bits per heavy atom. The van der Waals surface area contributed by atoms with Crippen LogP contribution in [0.25, 0.3) is 0 Å². The zero-order valence-corrected chi connectivity index (χ0v) is 12.3. The molecule has 0 saturated heterocycles. The molecule has 0 saturated carbocycles. The standard InChI is InChI=1S/C15H21NO4/c1-5-20-16-11(2)15(3,14(18)19-4)10-12-6-8-13(17)9-7-12/h6-9,17H,5,10H2,1-4H3/b16-11-. The number of oxime groups is 1. The Hall–Kier alpha value is -2.04. The van der Waals surface area contributed by atoms with Gasteiger partial charge in [0.2, 0.25) is 0 Å². The minimum absolute atomic E-state index is 0.188. The summed E-state index contributed by atoms with van der Waals surface area (Å²) < 4.78 is 4.89. The number of rotatable bonds is 6. The van der Waals surface area contributed by atoms with E-state index in [2.05, 4.69) is 5.16 Å². The monoisotopic (exact) mass is 279 g/mol. The number of benzene rings is 1. The number of nitrogens with zero attached hydrogens (tertiary/aromatic N) is 1. The molecule has 0 fully saturated rings. The van der Waals surface area contributed by atoms with E-state index in [1.165, 1.54) is 7.11 Å². The number of phenols is 1. The summed E-state index contributed by atoms with van der Waals surface area (Å²) in [6, 6.07) is 6.71. The average Bonchev–Trinajstić information content (AvgIpc) is 2.45. The number of hydrogen-bond acceptors (Lipinski definition) is 5. The molecular formula is C15H21NO4. The summed E-state index contributed by atoms with van der Waals surface area (Å²) in [5.74, 6) is -0.181. The van der Waals surface area contributed by atoms with Crippen molar-refractivity contribution in [2.75, 3.05) is 13.7 Å². The molecule has 0 heterocycles. The number of esters is 1. The van der Waals surface area contributed by atoms with Gasteiger partial charge in [0, 0.05) is 0 Å². The summed E-state index contributed by atoms with van der Waals surface area (Å²) in [5, 5.41) is 13.3. The molecule has 110 valence electrons. The lowest BCUT2D eigenvalue weighted by Gasteiger charge is -2.26. The van der Waals surface area contributed by atoms with Crippen LogP contribution in [0.4, 0.5) is 0 Å². The van der Waals surface area contributed by atoms with Crippen LogP contribution < -0.4 is 0 Å². The van der Waals surface area contributed by atoms with Crippen LogP contribution in [0.3, 0.4) is 0 Å². The molecule has 0 radical (unpaired) electrons. The number of aromatic hydroxyl groups is 1. The Morgan fingerprint density at radius 2 is 1.95 bits per heavy atom. The van der Waals surface area contributed by atoms with Crippen LogP contribution in [-0.2, 0) is 20.8 Å². The van der Waals surface area contributed by atoms with Crippen LogP contribution in [0, 0.1) is 5.41 Å². The number of ether oxygens (including phenoxy) is 1. The topological polar surface area (TPSA) is 68.1 Å². The van der Waals surface area contributed by atoms with Crippen molar-refractivity contribution < 1.29 is 19.5 Å². The molecule has 0 amide bonds. The van der Waals surface area contributed by atoms with Crippen LogP contribution in [0.15, 0.2) is 29.4 Å². The first-order valence-corrected chi connectivity index (χ1v) is 6.47. The van der Waals surface area contributed by atoms with Crippen molar-refractivity contribution >= 4 is 11.7 Å². The number of carbonyl (C=O) groups is 1. The lowest BCUT2D eigenvalue weighted by Crippen LogP contribution is -2.38. The Kier molecular flexibility index (Phi) is 5.55. The van der Waals surface area contributed by atoms with Gasteiger partial charge in [0.05, 0.1) is 12.8 Å². The second-order valence-electron chi connectivity index (χ2n) is 4.76. The van der Waals surface area contributed by atoms with E-state index in [1.54, 1.807) is 38.1 Å². The Morgan fingerprint density at radius 1 is 1.35 bits per heavy atom. The highest BCUT2D eigenvalue weighted by Crippen LogP contribution is 2.27. The Labute approximate surface area is 119 Å². The van der Waals surface area contributed by atoms with Gasteiger partial charge in [0.25, 0.3) is 0 Å². The number of hydrogen-bond donors (Lipinski definition) is 1. The largest absolute Gasteiger partial charge is 0.508 e. The predicted octanol–water partition coefficient (Wildman–Crippen LogP) is 2.53. The number of phenolic OH excluding ortho intramolecular Hbond substituents is 1. The van der Waals surface area contributed by atoms with E-state index >= 15 is 0 Å². The summed E-state index contributed by atoms with van der Waals surface area (Å²) in [7, 11) is 1.35. The first-order chi connectivity index (χ1) is 9.43. The summed E-state index contributed by atoms with van der Waals surface area (Å²) >= 11 is 0. The molecule has 5 nitrogen and oxygen atoms in total. The van der Waals surface area contributed by atoms with Gasteiger partial charge in [-0.05, 0) is 44.9 Å². The summed E-state index contributed by atoms with van der Waals surface area (Å²) in [6.45, 7) is 5.77. The lowest BCUT2D eigenvalue weighted by molar-refractivity contribution is -0.147. The smallest absolute Gasteiger partial charge is 0.317 e. The molecule has 0 spiro atoms. The van der Waals surface area contributed by atoms with Crippen molar-refractivity contribution in [2.45, 2.75) is 27.2 Å². The Balaban J connectivity index is 3.05. The Bertz CT molecular complexity index is 481. The molecule has 0 aromatic heterocycles. The molecule has 1 atom stereocenters. The second-order valence-corrected chi connectivity index (χ2v) is 4.76. The molecule has 5 heteroatoms. The lowest BCUT2D eigenvalue weighted by atomic mass is 9.79. The van der Waals surface area contributed by atoms with Gasteiger partial charge >= 0.3 is 5.97 Å². The fraction of sp³-hybridized carbons (Fsp3) is 0.467. The minimum atomic E-state index is -0.902. The molecule has 1 unspecified atom stereocenters. The van der Waals surface area contributed by atoms with Gasteiger partial charge in [0.15, 0.2) is 0 Å². The van der Waals surface area contributed by atoms with Crippen molar-refractivity contribution in [3.05, 3.63) is 29.8 Å². The van der Waals surface area contributed by atoms with Crippen molar-refractivity contribution in [1.29, 1.82) is 0 Å². The van der Waals surface area contributed by atoms with Gasteiger partial charge in [-0.2, -0.15) is 0 Å². The van der Waals surface area contributed by atoms with Gasteiger partial charge in [-0.15, -0.1) is 0 Å². The van der Waals surface area contributed by atoms with Crippen molar-refractivity contribution in [3.8, 4) is 5.75 Å². The highest BCUT2D eigenvalue weighted by molar-refractivity contribution is 6.05. The molecule has 1 aromatic rings. The SMILES string of the molecule is CCO/N=C(/C)C(C)(Cc1ccc(O)cc1)C(=O)OC. The molecule has 0 aliphatic rings. The van der Waals surface area contributed by atoms with Crippen molar-refractivity contribution in [2.24, 2.45) is 10.6 Å². The fourth-order valence-electron chi connectivity index (χ4n) is 1.86. The molecule has 1 aromatic carbocycles. The average molecular weight is 279 g/mol. The normalized spacial score (nSPS) is 14.5. The summed E-state index contributed by atoms with van der Waals surface area (Å²) in [5.41, 5.74) is 0.557. The first-order valence-electron chi connectivity index (χ1n) is 6.47. The van der Waals surface area contributed by atoms with E-state index < -0.39 is 5.41 Å². The number of carbonyl (C=O) groups excluding carboxylic acids is 1. The quantitative estimate of drug-likeness (QED) is 0.493. The van der Waals surface area contributed by atoms with Crippen molar-refractivity contribution in [3.63, 3.8) is 0 Å². The maximum absolute atomic E-state index is 12.1. The summed E-state index contributed by atoms with van der Waals surface area (Å²) in [6.07, 6.45) is 0.419. The zero-order valence-electron chi connectivity index (χ0n) is 12.3. The van der Waals surface area contributed by atoms with E-state index in [0.29, 0.717) is 18.7 Å². The maximum atomic E-state index is 12.1. The highest BCUT2D eigenvalue weighted by Gasteiger charge is 2.38. The first kappa shape index (κ1) is 16.0. The fourth-order valence-corrected chi connectivity index (χ4v) is 1.86. The van der Waals surface area contributed by atoms with E-state index in [1.807, 2.05) is 6.92 Å². The zero-order chi connectivity index (χ0) is 15.2. The molecular weight excluding hydrogens is 258 g/mol. The maximum Gasteiger partial charge on any atom is 0.317 e. The third-order valence-electron chi connectivity index (χ3n) is 3.26. The summed E-state index contributed by atoms with van der Waals surface area (Å²) in [4.78, 5) is 17.1. The van der Waals surface area contributed by atoms with Gasteiger partial charge in [-0.25, -0.2) is 0 Å². The van der Waals surface area contributed by atoms with Crippen LogP contribution in [0.1, 0.15) is 26.3 Å². The molecule has 0 aliphatic heterocycles. The van der Waals surface area contributed by atoms with E-state index in [0.717, 1.165) is 5.56 Å². The molecule has 1 N–H and O–H groups in total. The predicted molar refractivity (Wildman–Crippen MR) is 76.7 cm³/mol. The second kappa shape index (κ2) is 6.93. The third kappa shape index (κ3) is 3.73. The van der Waals surface area contributed by atoms with E-state index in [-0.39, 0.29) is 11.7 Å². The van der Waals surface area contributed by atoms with Gasteiger partial charge in [0.1, 0.15) is 17.8 Å². The third-order valence-corrected chi connectivity index (χ3v) is 3.26. The minimum Gasteiger partial charge on any atom is -0.508 e. The van der Waals surface area contributed by atoms with E-state index in [9.17, 15) is 9.90 Å². The van der Waals surface area contributed by atoms with Crippen LogP contribution >= 0.6 is 0 Å².